The third-order valence-corrected chi connectivity index (χ3v) is 19.7. The molecular formula is C66H47B3F6N4S2. The van der Waals surface area contributed by atoms with Crippen LogP contribution in [0.25, 0.3) is 20.2 Å². The zero-order chi connectivity index (χ0) is 55.9. The van der Waals surface area contributed by atoms with E-state index in [4.69, 9.17) is 0 Å². The van der Waals surface area contributed by atoms with Crippen molar-refractivity contribution in [2.24, 2.45) is 0 Å². The molecule has 4 aliphatic heterocycles. The number of hydrogen-bond donors (Lipinski definition) is 1. The quantitative estimate of drug-likeness (QED) is 0.137. The average Bonchev–Trinajstić information content (AvgIpc) is 2.55. The fraction of sp³-hybridized carbons (Fsp3) is 0.121. The molecule has 0 atom stereocenters. The summed E-state index contributed by atoms with van der Waals surface area (Å²) in [5.41, 5.74) is 18.7. The number of aryl methyl sites for hydroxylation is 8. The first-order valence-corrected chi connectivity index (χ1v) is 28.7. The van der Waals surface area contributed by atoms with Crippen LogP contribution < -0.4 is 62.3 Å². The van der Waals surface area contributed by atoms with Gasteiger partial charge in [0.25, 0.3) is 13.4 Å². The van der Waals surface area contributed by atoms with Crippen LogP contribution in [0.4, 0.5) is 88.9 Å². The second-order valence-electron chi connectivity index (χ2n) is 22.5. The number of nitrogens with zero attached hydrogens (tertiary/aromatic N) is 3. The van der Waals surface area contributed by atoms with E-state index in [2.05, 4.69) is 67.7 Å². The number of benzene rings is 9. The van der Waals surface area contributed by atoms with Gasteiger partial charge < -0.3 is 20.0 Å². The standard InChI is InChI=1S/C66H47B3F6N4S2/c1-30-18-36(7)57-55(23-30)81-66-64(57)79(63-45(73)16-11-17-46(63)74)54-22-32(3)21-53-60(54)69(66)42-28-41-50(29-51(42)78(53)62-34(5)13-10-15-44(62)72)77(61-33(4)12-9-14-43(61)71)52-20-31(2)19-49-59(52)68(41)40-27-39(35(6)24-48(40)76-49)67-65-37(8)58-47(75)25-38(70)26-56(58)80-65/h9-29,67,76H,1-8H3. The van der Waals surface area contributed by atoms with Crippen LogP contribution in [0, 0.1) is 90.3 Å². The molecular weight excluding hydrogens is 1060 g/mol. The zero-order valence-electron chi connectivity index (χ0n) is 45.4. The molecule has 6 heterocycles. The number of hydrogen-bond acceptors (Lipinski definition) is 6. The van der Waals surface area contributed by atoms with Gasteiger partial charge in [0.1, 0.15) is 40.6 Å². The molecule has 4 aliphatic rings. The van der Waals surface area contributed by atoms with Gasteiger partial charge in [0, 0.05) is 70.8 Å². The van der Waals surface area contributed by atoms with Crippen LogP contribution in [-0.4, -0.2) is 20.7 Å². The van der Waals surface area contributed by atoms with Gasteiger partial charge in [-0.1, -0.05) is 59.6 Å². The van der Waals surface area contributed by atoms with Crippen LogP contribution in [0.3, 0.4) is 0 Å². The first-order valence-electron chi connectivity index (χ1n) is 27.1. The highest BCUT2D eigenvalue weighted by Crippen LogP contribution is 2.52. The van der Waals surface area contributed by atoms with Gasteiger partial charge in [0.05, 0.1) is 17.1 Å². The molecule has 15 rings (SSSR count). The molecule has 0 spiro atoms. The Balaban J connectivity index is 1.07. The highest BCUT2D eigenvalue weighted by Gasteiger charge is 2.50. The summed E-state index contributed by atoms with van der Waals surface area (Å²) in [7, 11) is 0.466. The van der Waals surface area contributed by atoms with Gasteiger partial charge in [-0.25, -0.2) is 26.3 Å². The molecule has 15 heteroatoms. The predicted molar refractivity (Wildman–Crippen MR) is 331 cm³/mol. The van der Waals surface area contributed by atoms with Crippen molar-refractivity contribution in [3.8, 4) is 0 Å². The molecule has 0 radical (unpaired) electrons. The molecule has 2 aromatic heterocycles. The Kier molecular flexibility index (Phi) is 10.9. The molecule has 0 aliphatic carbocycles. The third-order valence-electron chi connectivity index (χ3n) is 17.3. The third kappa shape index (κ3) is 7.13. The van der Waals surface area contributed by atoms with Crippen molar-refractivity contribution in [2.45, 2.75) is 55.4 Å². The maximum absolute atomic E-state index is 17.4. The van der Waals surface area contributed by atoms with Gasteiger partial charge in [-0.15, -0.1) is 22.7 Å². The van der Waals surface area contributed by atoms with Crippen LogP contribution in [0.2, 0.25) is 0 Å². The Morgan fingerprint density at radius 1 is 0.420 bits per heavy atom. The molecule has 0 unspecified atom stereocenters. The van der Waals surface area contributed by atoms with Crippen molar-refractivity contribution >= 4 is 168 Å². The summed E-state index contributed by atoms with van der Waals surface area (Å²) in [5.74, 6) is -3.52. The van der Waals surface area contributed by atoms with E-state index in [0.29, 0.717) is 68.3 Å². The molecule has 11 aromatic rings. The first kappa shape index (κ1) is 49.9. The Labute approximate surface area is 474 Å². The monoisotopic (exact) mass is 1110 g/mol. The minimum Gasteiger partial charge on any atom is -0.356 e. The highest BCUT2D eigenvalue weighted by molar-refractivity contribution is 7.34. The molecule has 4 nitrogen and oxygen atoms in total. The minimum atomic E-state index is -0.721. The van der Waals surface area contributed by atoms with E-state index in [1.54, 1.807) is 28.4 Å². The number of fused-ring (bicyclic) bond motifs is 11. The number of rotatable bonds is 5. The van der Waals surface area contributed by atoms with Crippen LogP contribution in [0.1, 0.15) is 44.5 Å². The lowest BCUT2D eigenvalue weighted by Gasteiger charge is -2.46. The van der Waals surface area contributed by atoms with Gasteiger partial charge in [0.2, 0.25) is 7.28 Å². The second-order valence-corrected chi connectivity index (χ2v) is 24.8. The van der Waals surface area contributed by atoms with E-state index in [0.717, 1.165) is 109 Å². The fourth-order valence-corrected chi connectivity index (χ4v) is 16.7. The van der Waals surface area contributed by atoms with Gasteiger partial charge in [-0.2, -0.15) is 0 Å². The summed E-state index contributed by atoms with van der Waals surface area (Å²) in [5, 5.41) is 5.14. The molecule has 0 amide bonds. The van der Waals surface area contributed by atoms with Crippen molar-refractivity contribution in [1.29, 1.82) is 0 Å². The van der Waals surface area contributed by atoms with Crippen molar-refractivity contribution in [2.75, 3.05) is 20.0 Å². The number of para-hydroxylation sites is 3. The smallest absolute Gasteiger partial charge is 0.264 e. The van der Waals surface area contributed by atoms with Crippen LogP contribution in [-0.2, 0) is 0 Å². The van der Waals surface area contributed by atoms with Gasteiger partial charge in [0.15, 0.2) is 0 Å². The summed E-state index contributed by atoms with van der Waals surface area (Å²) < 4.78 is 102. The molecule has 9 aromatic carbocycles. The topological polar surface area (TPSA) is 21.8 Å². The summed E-state index contributed by atoms with van der Waals surface area (Å²) >= 11 is 3.00. The SMILES string of the molecule is Cc1cc2c3c(c1)N(c1c(C)cccc1F)c1cc4c(cc1B3c1cc(Bc3sc5cc(F)cc(F)c5c3C)c(C)cc1N2)B1c2sc3cc(C)cc(C)c3c2N(c2c(F)cccc2F)c2cc(C)cc(c21)N4c1c(C)cccc1F. The van der Waals surface area contributed by atoms with Crippen molar-refractivity contribution in [3.63, 3.8) is 0 Å². The summed E-state index contributed by atoms with van der Waals surface area (Å²) in [6, 6.07) is 37.8. The molecule has 0 saturated heterocycles. The lowest BCUT2D eigenvalue weighted by Crippen LogP contribution is -2.65. The van der Waals surface area contributed by atoms with Gasteiger partial charge in [-0.05, 0) is 199 Å². The number of anilines is 11. The maximum atomic E-state index is 17.4. The first-order chi connectivity index (χ1) is 38.9. The summed E-state index contributed by atoms with van der Waals surface area (Å²) in [6.07, 6.45) is 0. The van der Waals surface area contributed by atoms with E-state index >= 15 is 22.0 Å². The van der Waals surface area contributed by atoms with Gasteiger partial charge >= 0.3 is 0 Å². The lowest BCUT2D eigenvalue weighted by atomic mass is 9.31. The van der Waals surface area contributed by atoms with Crippen molar-refractivity contribution in [3.05, 3.63) is 207 Å². The molecule has 394 valence electrons. The van der Waals surface area contributed by atoms with Crippen LogP contribution in [0.5, 0.6) is 0 Å². The normalized spacial score (nSPS) is 13.5. The van der Waals surface area contributed by atoms with Crippen LogP contribution >= 0.6 is 22.7 Å². The Hall–Kier alpha value is -8.13. The summed E-state index contributed by atoms with van der Waals surface area (Å²) in [6.45, 7) is 14.9. The van der Waals surface area contributed by atoms with Crippen LogP contribution in [0.15, 0.2) is 127 Å². The predicted octanol–water partition coefficient (Wildman–Crippen LogP) is 13.2. The van der Waals surface area contributed by atoms with Crippen molar-refractivity contribution in [1.82, 2.24) is 0 Å². The molecule has 0 fully saturated rings. The average molecular weight is 1110 g/mol. The molecule has 0 saturated carbocycles. The fourth-order valence-electron chi connectivity index (χ4n) is 13.9. The van der Waals surface area contributed by atoms with E-state index in [-0.39, 0.29) is 5.69 Å². The lowest BCUT2D eigenvalue weighted by molar-refractivity contribution is 0.586. The zero-order valence-corrected chi connectivity index (χ0v) is 47.0. The molecule has 0 bridgehead atoms. The molecule has 1 N–H and O–H groups in total. The van der Waals surface area contributed by atoms with Crippen molar-refractivity contribution < 1.29 is 26.3 Å². The highest BCUT2D eigenvalue weighted by atomic mass is 32.1. The minimum absolute atomic E-state index is 0.203. The van der Waals surface area contributed by atoms with E-state index in [1.165, 1.54) is 47.7 Å². The summed E-state index contributed by atoms with van der Waals surface area (Å²) in [4.78, 5) is 5.79. The molecule has 81 heavy (non-hydrogen) atoms. The van der Waals surface area contributed by atoms with E-state index < -0.39 is 48.3 Å². The number of halogens is 6. The van der Waals surface area contributed by atoms with E-state index in [9.17, 15) is 4.39 Å². The van der Waals surface area contributed by atoms with E-state index in [1.807, 2.05) is 75.6 Å². The maximum Gasteiger partial charge on any atom is 0.264 e. The Morgan fingerprint density at radius 3 is 1.64 bits per heavy atom. The Morgan fingerprint density at radius 2 is 0.988 bits per heavy atom. The number of thiophene rings is 2. The Bertz CT molecular complexity index is 4610. The largest absolute Gasteiger partial charge is 0.356 e. The second kappa shape index (κ2) is 17.7. The number of nitrogens with one attached hydrogen (secondary N) is 1. The van der Waals surface area contributed by atoms with Gasteiger partial charge in [-0.3, -0.25) is 0 Å².